The number of hydrogen-bond acceptors (Lipinski definition) is 6. The molecule has 0 spiro atoms. The van der Waals surface area contributed by atoms with Gasteiger partial charge >= 0.3 is 5.97 Å². The number of nitrogens with zero attached hydrogens (tertiary/aromatic N) is 3. The number of carboxylic acid groups (broad SMARTS) is 1. The van der Waals surface area contributed by atoms with Gasteiger partial charge in [-0.2, -0.15) is 4.98 Å². The van der Waals surface area contributed by atoms with Crippen molar-refractivity contribution in [2.75, 3.05) is 19.6 Å². The van der Waals surface area contributed by atoms with Gasteiger partial charge in [-0.05, 0) is 25.9 Å². The van der Waals surface area contributed by atoms with E-state index in [0.29, 0.717) is 24.6 Å². The van der Waals surface area contributed by atoms with Crippen molar-refractivity contribution in [1.82, 2.24) is 15.0 Å². The van der Waals surface area contributed by atoms with Gasteiger partial charge in [-0.1, -0.05) is 19.0 Å². The third-order valence-corrected chi connectivity index (χ3v) is 3.60. The molecule has 7 nitrogen and oxygen atoms in total. The van der Waals surface area contributed by atoms with E-state index in [2.05, 4.69) is 28.9 Å². The number of ether oxygens (including phenoxy) is 1. The second-order valence-corrected chi connectivity index (χ2v) is 4.85. The minimum Gasteiger partial charge on any atom is -0.479 e. The first kappa shape index (κ1) is 14.9. The number of carboxylic acids is 1. The Bertz CT molecular complexity index is 445. The summed E-state index contributed by atoms with van der Waals surface area (Å²) in [6.45, 7) is 7.10. The second kappa shape index (κ2) is 6.81. The van der Waals surface area contributed by atoms with Crippen LogP contribution in [0.4, 0.5) is 0 Å². The Morgan fingerprint density at radius 2 is 2.15 bits per heavy atom. The molecule has 2 heterocycles. The SMILES string of the molecule is CCN(CC)CCc1noc(C2CCC(C(=O)O)O2)n1. The molecule has 2 atom stereocenters. The highest BCUT2D eigenvalue weighted by Gasteiger charge is 2.34. The van der Waals surface area contributed by atoms with E-state index in [1.807, 2.05) is 0 Å². The van der Waals surface area contributed by atoms with Crippen molar-refractivity contribution in [3.8, 4) is 0 Å². The maximum atomic E-state index is 10.8. The Hall–Kier alpha value is -1.47. The summed E-state index contributed by atoms with van der Waals surface area (Å²) in [4.78, 5) is 17.4. The van der Waals surface area contributed by atoms with Crippen molar-refractivity contribution < 1.29 is 19.2 Å². The smallest absolute Gasteiger partial charge is 0.332 e. The molecule has 1 saturated heterocycles. The normalized spacial score (nSPS) is 22.6. The van der Waals surface area contributed by atoms with Crippen LogP contribution in [0.3, 0.4) is 0 Å². The monoisotopic (exact) mass is 283 g/mol. The molecular weight excluding hydrogens is 262 g/mol. The van der Waals surface area contributed by atoms with E-state index < -0.39 is 12.1 Å². The molecule has 1 aromatic heterocycles. The first-order chi connectivity index (χ1) is 9.63. The van der Waals surface area contributed by atoms with Gasteiger partial charge in [0.15, 0.2) is 11.9 Å². The maximum Gasteiger partial charge on any atom is 0.332 e. The Labute approximate surface area is 117 Å². The van der Waals surface area contributed by atoms with Crippen molar-refractivity contribution in [3.05, 3.63) is 11.7 Å². The highest BCUT2D eigenvalue weighted by atomic mass is 16.5. The van der Waals surface area contributed by atoms with Crippen LogP contribution in [0.25, 0.3) is 0 Å². The van der Waals surface area contributed by atoms with Crippen molar-refractivity contribution in [3.63, 3.8) is 0 Å². The number of rotatable bonds is 7. The second-order valence-electron chi connectivity index (χ2n) is 4.85. The fourth-order valence-corrected chi connectivity index (χ4v) is 2.30. The van der Waals surface area contributed by atoms with Gasteiger partial charge in [-0.15, -0.1) is 0 Å². The topological polar surface area (TPSA) is 88.7 Å². The Morgan fingerprint density at radius 3 is 2.75 bits per heavy atom. The minimum absolute atomic E-state index is 0.384. The van der Waals surface area contributed by atoms with E-state index in [1.165, 1.54) is 0 Å². The van der Waals surface area contributed by atoms with Gasteiger partial charge in [0.2, 0.25) is 0 Å². The average molecular weight is 283 g/mol. The summed E-state index contributed by atoms with van der Waals surface area (Å²) >= 11 is 0. The third-order valence-electron chi connectivity index (χ3n) is 3.60. The van der Waals surface area contributed by atoms with Crippen LogP contribution in [0.2, 0.25) is 0 Å². The van der Waals surface area contributed by atoms with Gasteiger partial charge in [0, 0.05) is 13.0 Å². The van der Waals surface area contributed by atoms with E-state index in [-0.39, 0.29) is 6.10 Å². The summed E-state index contributed by atoms with van der Waals surface area (Å²) in [5, 5.41) is 12.8. The zero-order valence-corrected chi connectivity index (χ0v) is 11.9. The van der Waals surface area contributed by atoms with Gasteiger partial charge in [-0.25, -0.2) is 4.79 Å². The molecule has 0 radical (unpaired) electrons. The van der Waals surface area contributed by atoms with Crippen molar-refractivity contribution in [2.45, 2.75) is 45.3 Å². The molecule has 0 aliphatic carbocycles. The standard InChI is InChI=1S/C13H21N3O4/c1-3-16(4-2)8-7-11-14-12(20-15-11)9-5-6-10(19-9)13(17)18/h9-10H,3-8H2,1-2H3,(H,17,18). The number of likely N-dealkylation sites (N-methyl/N-ethyl adjacent to an activating group) is 1. The van der Waals surface area contributed by atoms with Crippen LogP contribution in [0.5, 0.6) is 0 Å². The summed E-state index contributed by atoms with van der Waals surface area (Å²) in [6, 6.07) is 0. The largest absolute Gasteiger partial charge is 0.479 e. The highest BCUT2D eigenvalue weighted by molar-refractivity contribution is 5.72. The van der Waals surface area contributed by atoms with Gasteiger partial charge in [-0.3, -0.25) is 0 Å². The van der Waals surface area contributed by atoms with Crippen molar-refractivity contribution in [1.29, 1.82) is 0 Å². The summed E-state index contributed by atoms with van der Waals surface area (Å²) in [5.41, 5.74) is 0. The molecule has 7 heteroatoms. The fourth-order valence-electron chi connectivity index (χ4n) is 2.30. The lowest BCUT2D eigenvalue weighted by Gasteiger charge is -2.16. The third kappa shape index (κ3) is 3.55. The average Bonchev–Trinajstić information content (AvgIpc) is 3.08. The Balaban J connectivity index is 1.88. The summed E-state index contributed by atoms with van der Waals surface area (Å²) < 4.78 is 10.6. The molecule has 0 amide bonds. The van der Waals surface area contributed by atoms with E-state index in [4.69, 9.17) is 14.4 Å². The Kier molecular flexibility index (Phi) is 5.08. The van der Waals surface area contributed by atoms with Gasteiger partial charge in [0.05, 0.1) is 0 Å². The van der Waals surface area contributed by atoms with Crippen LogP contribution in [0, 0.1) is 0 Å². The number of carbonyl (C=O) groups is 1. The summed E-state index contributed by atoms with van der Waals surface area (Å²) in [6.07, 6.45) is 0.670. The van der Waals surface area contributed by atoms with Crippen molar-refractivity contribution >= 4 is 5.97 Å². The molecule has 0 bridgehead atoms. The van der Waals surface area contributed by atoms with Crippen LogP contribution in [-0.2, 0) is 16.0 Å². The number of aliphatic carboxylic acids is 1. The number of hydrogen-bond donors (Lipinski definition) is 1. The van der Waals surface area contributed by atoms with Gasteiger partial charge in [0.25, 0.3) is 5.89 Å². The lowest BCUT2D eigenvalue weighted by Crippen LogP contribution is -2.25. The van der Waals surface area contributed by atoms with Crippen LogP contribution < -0.4 is 0 Å². The molecule has 0 aromatic carbocycles. The maximum absolute atomic E-state index is 10.8. The zero-order chi connectivity index (χ0) is 14.5. The quantitative estimate of drug-likeness (QED) is 0.805. The minimum atomic E-state index is -0.936. The predicted molar refractivity (Wildman–Crippen MR) is 70.3 cm³/mol. The summed E-state index contributed by atoms with van der Waals surface area (Å²) in [7, 11) is 0. The molecule has 20 heavy (non-hydrogen) atoms. The van der Waals surface area contributed by atoms with Crippen LogP contribution in [0.1, 0.15) is 44.5 Å². The van der Waals surface area contributed by atoms with E-state index in [1.54, 1.807) is 0 Å². The molecule has 1 aliphatic rings. The Morgan fingerprint density at radius 1 is 1.40 bits per heavy atom. The highest BCUT2D eigenvalue weighted by Crippen LogP contribution is 2.31. The van der Waals surface area contributed by atoms with Crippen LogP contribution >= 0.6 is 0 Å². The molecule has 1 N–H and O–H groups in total. The lowest BCUT2D eigenvalue weighted by molar-refractivity contribution is -0.150. The van der Waals surface area contributed by atoms with Crippen LogP contribution in [-0.4, -0.2) is 51.9 Å². The molecule has 0 saturated carbocycles. The zero-order valence-electron chi connectivity index (χ0n) is 11.9. The van der Waals surface area contributed by atoms with Crippen LogP contribution in [0.15, 0.2) is 4.52 Å². The molecule has 1 aliphatic heterocycles. The molecular formula is C13H21N3O4. The van der Waals surface area contributed by atoms with Crippen molar-refractivity contribution in [2.24, 2.45) is 0 Å². The van der Waals surface area contributed by atoms with Gasteiger partial charge < -0.3 is 19.3 Å². The first-order valence-corrected chi connectivity index (χ1v) is 7.07. The molecule has 2 unspecified atom stereocenters. The molecule has 1 aromatic rings. The van der Waals surface area contributed by atoms with Gasteiger partial charge in [0.1, 0.15) is 6.10 Å². The fraction of sp³-hybridized carbons (Fsp3) is 0.769. The molecule has 112 valence electrons. The predicted octanol–water partition coefficient (Wildman–Crippen LogP) is 1.26. The molecule has 1 fully saturated rings. The number of aromatic nitrogens is 2. The lowest BCUT2D eigenvalue weighted by atomic mass is 10.2. The molecule has 2 rings (SSSR count). The van der Waals surface area contributed by atoms with E-state index >= 15 is 0 Å². The first-order valence-electron chi connectivity index (χ1n) is 7.07. The summed E-state index contributed by atoms with van der Waals surface area (Å²) in [5.74, 6) is 0.103. The van der Waals surface area contributed by atoms with E-state index in [0.717, 1.165) is 26.1 Å². The van der Waals surface area contributed by atoms with E-state index in [9.17, 15) is 4.79 Å².